The Morgan fingerprint density at radius 2 is 1.65 bits per heavy atom. The van der Waals surface area contributed by atoms with Gasteiger partial charge in [-0.15, -0.1) is 0 Å². The van der Waals surface area contributed by atoms with E-state index in [2.05, 4.69) is 4.72 Å². The summed E-state index contributed by atoms with van der Waals surface area (Å²) in [4.78, 5) is 0. The number of nitrogens with one attached hydrogen (secondary N) is 1. The minimum Gasteiger partial charge on any atom is -0.212 e. The Balaban J connectivity index is 2.46. The summed E-state index contributed by atoms with van der Waals surface area (Å²) in [5.74, 6) is -0.194. The summed E-state index contributed by atoms with van der Waals surface area (Å²) in [5, 5.41) is 0. The normalized spacial score (nSPS) is 19.0. The molecule has 7 nitrogen and oxygen atoms in total. The molecule has 0 aromatic heterocycles. The van der Waals surface area contributed by atoms with Crippen LogP contribution in [0.3, 0.4) is 0 Å². The molecule has 0 saturated carbocycles. The summed E-state index contributed by atoms with van der Waals surface area (Å²) in [7, 11) is -4.09. The Hall–Kier alpha value is -0.220. The lowest BCUT2D eigenvalue weighted by molar-refractivity contribution is 0.475. The molecule has 1 aliphatic rings. The molecule has 0 bridgehead atoms. The maximum absolute atomic E-state index is 11.8. The van der Waals surface area contributed by atoms with Gasteiger partial charge in [-0.3, -0.25) is 0 Å². The molecule has 1 N–H and O–H groups in total. The predicted octanol–water partition coefficient (Wildman–Crippen LogP) is -1.19. The number of sulfonamides is 1. The van der Waals surface area contributed by atoms with Gasteiger partial charge in [-0.1, -0.05) is 0 Å². The molecule has 1 aliphatic heterocycles. The number of rotatable bonds is 6. The highest BCUT2D eigenvalue weighted by Gasteiger charge is 2.25. The van der Waals surface area contributed by atoms with Crippen molar-refractivity contribution in [3.05, 3.63) is 0 Å². The van der Waals surface area contributed by atoms with Crippen LogP contribution in [0.4, 0.5) is 0 Å². The summed E-state index contributed by atoms with van der Waals surface area (Å²) in [6.07, 6.45) is 1.76. The van der Waals surface area contributed by atoms with E-state index in [9.17, 15) is 16.8 Å². The lowest BCUT2D eigenvalue weighted by Gasteiger charge is -2.16. The van der Waals surface area contributed by atoms with E-state index in [4.69, 9.17) is 0 Å². The average molecular weight is 285 g/mol. The van der Waals surface area contributed by atoms with E-state index in [1.54, 1.807) is 0 Å². The van der Waals surface area contributed by atoms with Crippen molar-refractivity contribution in [2.24, 2.45) is 0 Å². The molecule has 17 heavy (non-hydrogen) atoms. The predicted molar refractivity (Wildman–Crippen MR) is 65.2 cm³/mol. The first-order chi connectivity index (χ1) is 7.76. The molecule has 1 fully saturated rings. The largest absolute Gasteiger partial charge is 0.278 e. The van der Waals surface area contributed by atoms with Crippen LogP contribution >= 0.6 is 0 Å². The molecule has 0 unspecified atom stereocenters. The smallest absolute Gasteiger partial charge is 0.212 e. The van der Waals surface area contributed by atoms with Crippen molar-refractivity contribution in [3.8, 4) is 0 Å². The van der Waals surface area contributed by atoms with E-state index in [1.165, 1.54) is 18.4 Å². The number of hydrogen-bond donors (Lipinski definition) is 1. The van der Waals surface area contributed by atoms with Crippen molar-refractivity contribution in [1.82, 2.24) is 13.3 Å². The molecule has 1 rings (SSSR count). The fourth-order valence-electron chi connectivity index (χ4n) is 1.52. The van der Waals surface area contributed by atoms with Crippen LogP contribution in [0.25, 0.3) is 0 Å². The third-order valence-corrected chi connectivity index (χ3v) is 5.99. The van der Waals surface area contributed by atoms with Gasteiger partial charge >= 0.3 is 0 Å². The second-order valence-electron chi connectivity index (χ2n) is 4.10. The zero-order chi connectivity index (χ0) is 13.1. The van der Waals surface area contributed by atoms with E-state index >= 15 is 0 Å². The highest BCUT2D eigenvalue weighted by atomic mass is 32.2. The summed E-state index contributed by atoms with van der Waals surface area (Å²) in [5.41, 5.74) is 0. The molecule has 0 spiro atoms. The van der Waals surface area contributed by atoms with Crippen LogP contribution in [-0.4, -0.2) is 64.9 Å². The zero-order valence-corrected chi connectivity index (χ0v) is 11.7. The quantitative estimate of drug-likeness (QED) is 0.665. The van der Waals surface area contributed by atoms with Crippen LogP contribution in [0.15, 0.2) is 0 Å². The summed E-state index contributed by atoms with van der Waals surface area (Å²) in [6, 6.07) is 0. The van der Waals surface area contributed by atoms with Gasteiger partial charge < -0.3 is 0 Å². The second-order valence-corrected chi connectivity index (χ2v) is 8.16. The van der Waals surface area contributed by atoms with Crippen LogP contribution in [0.1, 0.15) is 12.8 Å². The zero-order valence-electron chi connectivity index (χ0n) is 10.1. The van der Waals surface area contributed by atoms with Crippen molar-refractivity contribution >= 4 is 20.2 Å². The Bertz CT molecular complexity index is 437. The molecule has 1 heterocycles. The number of nitrogens with zero attached hydrogens (tertiary/aromatic N) is 2. The standard InChI is InChI=1S/C8H19N3O4S2/c1-10(2)17(14,15)9-5-8-16(12,13)11-6-3-4-7-11/h9H,3-8H2,1-2H3. The molecule has 102 valence electrons. The summed E-state index contributed by atoms with van der Waals surface area (Å²) in [6.45, 7) is 0.991. The molecule has 0 aromatic carbocycles. The molecule has 1 saturated heterocycles. The van der Waals surface area contributed by atoms with E-state index in [-0.39, 0.29) is 12.3 Å². The first-order valence-electron chi connectivity index (χ1n) is 5.41. The highest BCUT2D eigenvalue weighted by Crippen LogP contribution is 2.12. The van der Waals surface area contributed by atoms with Gasteiger partial charge in [-0.05, 0) is 12.8 Å². The van der Waals surface area contributed by atoms with Gasteiger partial charge in [0.2, 0.25) is 10.0 Å². The topological polar surface area (TPSA) is 86.8 Å². The minimum absolute atomic E-state index is 0.0979. The molecule has 0 radical (unpaired) electrons. The van der Waals surface area contributed by atoms with Crippen molar-refractivity contribution in [2.45, 2.75) is 12.8 Å². The van der Waals surface area contributed by atoms with E-state index in [0.717, 1.165) is 17.1 Å². The third kappa shape index (κ3) is 4.18. The highest BCUT2D eigenvalue weighted by molar-refractivity contribution is 7.89. The molecule has 9 heteroatoms. The molecular formula is C8H19N3O4S2. The molecule has 0 amide bonds. The Morgan fingerprint density at radius 1 is 1.12 bits per heavy atom. The van der Waals surface area contributed by atoms with Crippen LogP contribution in [0.5, 0.6) is 0 Å². The van der Waals surface area contributed by atoms with E-state index < -0.39 is 20.2 Å². The maximum Gasteiger partial charge on any atom is 0.278 e. The minimum atomic E-state index is -3.54. The lowest BCUT2D eigenvalue weighted by atomic mass is 10.4. The van der Waals surface area contributed by atoms with Crippen molar-refractivity contribution < 1.29 is 16.8 Å². The van der Waals surface area contributed by atoms with Gasteiger partial charge in [-0.25, -0.2) is 17.4 Å². The van der Waals surface area contributed by atoms with Gasteiger partial charge in [0.15, 0.2) is 0 Å². The average Bonchev–Trinajstić information content (AvgIpc) is 2.69. The Labute approximate surface area is 103 Å². The third-order valence-electron chi connectivity index (χ3n) is 2.58. The SMILES string of the molecule is CN(C)S(=O)(=O)NCCS(=O)(=O)N1CCCC1. The monoisotopic (exact) mass is 285 g/mol. The molecule has 0 atom stereocenters. The van der Waals surface area contributed by atoms with Gasteiger partial charge in [0.1, 0.15) is 0 Å². The van der Waals surface area contributed by atoms with Gasteiger partial charge in [0, 0.05) is 33.7 Å². The van der Waals surface area contributed by atoms with Gasteiger partial charge in [0.05, 0.1) is 5.75 Å². The van der Waals surface area contributed by atoms with Gasteiger partial charge in [0.25, 0.3) is 10.2 Å². The molecule has 0 aromatic rings. The Morgan fingerprint density at radius 3 is 2.12 bits per heavy atom. The van der Waals surface area contributed by atoms with Crippen molar-refractivity contribution in [3.63, 3.8) is 0 Å². The number of hydrogen-bond acceptors (Lipinski definition) is 4. The first kappa shape index (κ1) is 14.8. The lowest BCUT2D eigenvalue weighted by Crippen LogP contribution is -2.40. The Kier molecular flexibility index (Phi) is 4.90. The van der Waals surface area contributed by atoms with Crippen LogP contribution < -0.4 is 4.72 Å². The van der Waals surface area contributed by atoms with Crippen LogP contribution in [0.2, 0.25) is 0 Å². The van der Waals surface area contributed by atoms with Crippen molar-refractivity contribution in [1.29, 1.82) is 0 Å². The van der Waals surface area contributed by atoms with E-state index in [0.29, 0.717) is 13.1 Å². The fraction of sp³-hybridized carbons (Fsp3) is 1.00. The maximum atomic E-state index is 11.8. The summed E-state index contributed by atoms with van der Waals surface area (Å²) < 4.78 is 50.9. The van der Waals surface area contributed by atoms with E-state index in [1.807, 2.05) is 0 Å². The molecular weight excluding hydrogens is 266 g/mol. The fourth-order valence-corrected chi connectivity index (χ4v) is 3.70. The van der Waals surface area contributed by atoms with Crippen LogP contribution in [0, 0.1) is 0 Å². The van der Waals surface area contributed by atoms with Gasteiger partial charge in [-0.2, -0.15) is 12.7 Å². The van der Waals surface area contributed by atoms with Crippen molar-refractivity contribution in [2.75, 3.05) is 39.5 Å². The van der Waals surface area contributed by atoms with Crippen LogP contribution in [-0.2, 0) is 20.2 Å². The summed E-state index contributed by atoms with van der Waals surface area (Å²) >= 11 is 0. The second kappa shape index (κ2) is 5.61. The molecule has 0 aliphatic carbocycles. The first-order valence-corrected chi connectivity index (χ1v) is 8.45.